The van der Waals surface area contributed by atoms with Crippen LogP contribution in [0.3, 0.4) is 0 Å². The highest BCUT2D eigenvalue weighted by Gasteiger charge is 2.16. The minimum Gasteiger partial charge on any atom is -0.397 e. The SMILES string of the molecule is Nc1cccc2c(SC3CCOCC3)ccnc12. The summed E-state index contributed by atoms with van der Waals surface area (Å²) in [5.41, 5.74) is 7.63. The molecular formula is C14H16N2OS. The third-order valence-corrected chi connectivity index (χ3v) is 4.64. The van der Waals surface area contributed by atoms with E-state index in [0.717, 1.165) is 42.6 Å². The molecule has 18 heavy (non-hydrogen) atoms. The van der Waals surface area contributed by atoms with Gasteiger partial charge in [0.25, 0.3) is 0 Å². The summed E-state index contributed by atoms with van der Waals surface area (Å²) in [5, 5.41) is 1.81. The van der Waals surface area contributed by atoms with Crippen molar-refractivity contribution >= 4 is 28.4 Å². The molecule has 1 aliphatic heterocycles. The van der Waals surface area contributed by atoms with Crippen LogP contribution in [0.25, 0.3) is 10.9 Å². The molecule has 4 heteroatoms. The zero-order valence-electron chi connectivity index (χ0n) is 10.1. The predicted octanol–water partition coefficient (Wildman–Crippen LogP) is 3.09. The first-order chi connectivity index (χ1) is 8.84. The van der Waals surface area contributed by atoms with Crippen LogP contribution in [0.5, 0.6) is 0 Å². The molecule has 0 bridgehead atoms. The molecule has 0 radical (unpaired) electrons. The van der Waals surface area contributed by atoms with E-state index in [-0.39, 0.29) is 0 Å². The Kier molecular flexibility index (Phi) is 3.39. The molecule has 1 aromatic carbocycles. The Bertz CT molecular complexity index is 552. The first-order valence-corrected chi connectivity index (χ1v) is 7.10. The summed E-state index contributed by atoms with van der Waals surface area (Å²) in [6, 6.07) is 8.08. The van der Waals surface area contributed by atoms with Crippen molar-refractivity contribution in [3.8, 4) is 0 Å². The Hall–Kier alpha value is -1.26. The maximum atomic E-state index is 5.97. The minimum absolute atomic E-state index is 0.644. The van der Waals surface area contributed by atoms with Crippen molar-refractivity contribution in [2.24, 2.45) is 0 Å². The van der Waals surface area contributed by atoms with Crippen LogP contribution in [0.15, 0.2) is 35.4 Å². The number of pyridine rings is 1. The zero-order chi connectivity index (χ0) is 12.4. The minimum atomic E-state index is 0.644. The lowest BCUT2D eigenvalue weighted by molar-refractivity contribution is 0.100. The number of para-hydroxylation sites is 1. The molecule has 1 aliphatic rings. The maximum Gasteiger partial charge on any atom is 0.0942 e. The van der Waals surface area contributed by atoms with Gasteiger partial charge < -0.3 is 10.5 Å². The molecule has 1 fully saturated rings. The summed E-state index contributed by atoms with van der Waals surface area (Å²) >= 11 is 1.93. The zero-order valence-corrected chi connectivity index (χ0v) is 11.0. The normalized spacial score (nSPS) is 17.1. The van der Waals surface area contributed by atoms with Crippen molar-refractivity contribution in [3.63, 3.8) is 0 Å². The lowest BCUT2D eigenvalue weighted by Gasteiger charge is -2.22. The van der Waals surface area contributed by atoms with Gasteiger partial charge in [0.1, 0.15) is 0 Å². The third-order valence-electron chi connectivity index (χ3n) is 3.22. The number of anilines is 1. The van der Waals surface area contributed by atoms with Gasteiger partial charge >= 0.3 is 0 Å². The van der Waals surface area contributed by atoms with Gasteiger partial charge in [0.05, 0.1) is 11.2 Å². The lowest BCUT2D eigenvalue weighted by Crippen LogP contribution is -2.17. The first-order valence-electron chi connectivity index (χ1n) is 6.22. The van der Waals surface area contributed by atoms with E-state index in [9.17, 15) is 0 Å². The number of fused-ring (bicyclic) bond motifs is 1. The number of rotatable bonds is 2. The molecule has 3 rings (SSSR count). The fourth-order valence-electron chi connectivity index (χ4n) is 2.25. The summed E-state index contributed by atoms with van der Waals surface area (Å²) < 4.78 is 5.40. The van der Waals surface area contributed by atoms with Crippen molar-refractivity contribution in [3.05, 3.63) is 30.5 Å². The average molecular weight is 260 g/mol. The fraction of sp³-hybridized carbons (Fsp3) is 0.357. The fourth-order valence-corrected chi connectivity index (χ4v) is 3.47. The van der Waals surface area contributed by atoms with Gasteiger partial charge in [-0.2, -0.15) is 0 Å². The van der Waals surface area contributed by atoms with Crippen LogP contribution in [0.4, 0.5) is 5.69 Å². The number of aromatic nitrogens is 1. The Balaban J connectivity index is 1.93. The predicted molar refractivity (Wildman–Crippen MR) is 75.9 cm³/mol. The molecule has 0 aliphatic carbocycles. The van der Waals surface area contributed by atoms with Crippen molar-refractivity contribution in [2.45, 2.75) is 23.0 Å². The van der Waals surface area contributed by atoms with Crippen LogP contribution in [0.2, 0.25) is 0 Å². The summed E-state index contributed by atoms with van der Waals surface area (Å²) in [6.45, 7) is 1.76. The van der Waals surface area contributed by atoms with E-state index < -0.39 is 0 Å². The van der Waals surface area contributed by atoms with Crippen molar-refractivity contribution in [1.82, 2.24) is 4.98 Å². The molecule has 0 amide bonds. The summed E-state index contributed by atoms with van der Waals surface area (Å²) in [4.78, 5) is 5.65. The Morgan fingerprint density at radius 2 is 2.06 bits per heavy atom. The quantitative estimate of drug-likeness (QED) is 0.843. The summed E-state index contributed by atoms with van der Waals surface area (Å²) in [6.07, 6.45) is 4.09. The van der Waals surface area contributed by atoms with E-state index in [0.29, 0.717) is 5.25 Å². The first kappa shape index (κ1) is 11.8. The molecule has 0 saturated carbocycles. The molecule has 1 aromatic heterocycles. The molecule has 0 spiro atoms. The van der Waals surface area contributed by atoms with E-state index in [1.807, 2.05) is 30.1 Å². The van der Waals surface area contributed by atoms with Crippen LogP contribution in [-0.4, -0.2) is 23.4 Å². The lowest BCUT2D eigenvalue weighted by atomic mass is 10.2. The monoisotopic (exact) mass is 260 g/mol. The molecule has 1 saturated heterocycles. The van der Waals surface area contributed by atoms with Gasteiger partial charge in [-0.05, 0) is 25.0 Å². The largest absolute Gasteiger partial charge is 0.397 e. The number of ether oxygens (including phenoxy) is 1. The highest BCUT2D eigenvalue weighted by atomic mass is 32.2. The van der Waals surface area contributed by atoms with Crippen molar-refractivity contribution in [1.29, 1.82) is 0 Å². The average Bonchev–Trinajstić information content (AvgIpc) is 2.41. The maximum absolute atomic E-state index is 5.97. The number of benzene rings is 1. The molecule has 0 unspecified atom stereocenters. The van der Waals surface area contributed by atoms with Gasteiger partial charge in [0, 0.05) is 34.9 Å². The van der Waals surface area contributed by atoms with Crippen LogP contribution in [0.1, 0.15) is 12.8 Å². The highest BCUT2D eigenvalue weighted by Crippen LogP contribution is 2.35. The van der Waals surface area contributed by atoms with Gasteiger partial charge in [-0.25, -0.2) is 0 Å². The number of hydrogen-bond donors (Lipinski definition) is 1. The molecular weight excluding hydrogens is 244 g/mol. The number of hydrogen-bond acceptors (Lipinski definition) is 4. The van der Waals surface area contributed by atoms with Gasteiger partial charge in [0.15, 0.2) is 0 Å². The van der Waals surface area contributed by atoms with E-state index in [1.165, 1.54) is 4.90 Å². The van der Waals surface area contributed by atoms with E-state index >= 15 is 0 Å². The van der Waals surface area contributed by atoms with Crippen molar-refractivity contribution < 1.29 is 4.74 Å². The molecule has 94 valence electrons. The van der Waals surface area contributed by atoms with E-state index in [1.54, 1.807) is 0 Å². The number of nitrogens with two attached hydrogens (primary N) is 1. The second-order valence-electron chi connectivity index (χ2n) is 4.48. The molecule has 0 atom stereocenters. The Morgan fingerprint density at radius 3 is 2.89 bits per heavy atom. The highest BCUT2D eigenvalue weighted by molar-refractivity contribution is 8.00. The molecule has 2 heterocycles. The van der Waals surface area contributed by atoms with Crippen LogP contribution in [-0.2, 0) is 4.74 Å². The smallest absolute Gasteiger partial charge is 0.0942 e. The molecule has 2 aromatic rings. The Morgan fingerprint density at radius 1 is 1.22 bits per heavy atom. The standard InChI is InChI=1S/C14H16N2OS/c15-12-3-1-2-11-13(4-7-16-14(11)12)18-10-5-8-17-9-6-10/h1-4,7,10H,5-6,8-9,15H2. The topological polar surface area (TPSA) is 48.1 Å². The second-order valence-corrected chi connectivity index (χ2v) is 5.82. The molecule has 3 nitrogen and oxygen atoms in total. The summed E-state index contributed by atoms with van der Waals surface area (Å²) in [5.74, 6) is 0. The Labute approximate surface area is 111 Å². The summed E-state index contributed by atoms with van der Waals surface area (Å²) in [7, 11) is 0. The van der Waals surface area contributed by atoms with E-state index in [4.69, 9.17) is 10.5 Å². The number of nitrogens with zero attached hydrogens (tertiary/aromatic N) is 1. The van der Waals surface area contributed by atoms with Crippen LogP contribution in [0, 0.1) is 0 Å². The van der Waals surface area contributed by atoms with Gasteiger partial charge in [0.2, 0.25) is 0 Å². The van der Waals surface area contributed by atoms with E-state index in [2.05, 4.69) is 17.1 Å². The van der Waals surface area contributed by atoms with Gasteiger partial charge in [-0.15, -0.1) is 11.8 Å². The van der Waals surface area contributed by atoms with Crippen molar-refractivity contribution in [2.75, 3.05) is 18.9 Å². The van der Waals surface area contributed by atoms with Crippen LogP contribution >= 0.6 is 11.8 Å². The van der Waals surface area contributed by atoms with Crippen LogP contribution < -0.4 is 5.73 Å². The van der Waals surface area contributed by atoms with Gasteiger partial charge in [-0.1, -0.05) is 12.1 Å². The third kappa shape index (κ3) is 2.31. The second kappa shape index (κ2) is 5.16. The van der Waals surface area contributed by atoms with Gasteiger partial charge in [-0.3, -0.25) is 4.98 Å². The number of thioether (sulfide) groups is 1. The molecule has 2 N–H and O–H groups in total. The number of nitrogen functional groups attached to an aromatic ring is 1.